The van der Waals surface area contributed by atoms with Gasteiger partial charge in [0.2, 0.25) is 0 Å². The molecule has 0 amide bonds. The summed E-state index contributed by atoms with van der Waals surface area (Å²) in [7, 11) is 3.45. The van der Waals surface area contributed by atoms with Crippen molar-refractivity contribution in [2.75, 3.05) is 26.0 Å². The highest BCUT2D eigenvalue weighted by Crippen LogP contribution is 2.33. The SMILES string of the molecule is CCNc1cc2oc3cc(=NC)c4ccc(OC)cc4c-3nc2cc1C. The lowest BCUT2D eigenvalue weighted by Gasteiger charge is -2.13. The number of fused-ring (bicyclic) bond motifs is 4. The van der Waals surface area contributed by atoms with Crippen LogP contribution in [0.25, 0.3) is 33.3 Å². The van der Waals surface area contributed by atoms with Crippen LogP contribution in [-0.4, -0.2) is 25.7 Å². The smallest absolute Gasteiger partial charge is 0.155 e. The lowest BCUT2D eigenvalue weighted by molar-refractivity contribution is 0.415. The fourth-order valence-electron chi connectivity index (χ4n) is 3.31. The van der Waals surface area contributed by atoms with Gasteiger partial charge in [-0.2, -0.15) is 0 Å². The maximum Gasteiger partial charge on any atom is 0.155 e. The van der Waals surface area contributed by atoms with Crippen molar-refractivity contribution in [1.29, 1.82) is 0 Å². The van der Waals surface area contributed by atoms with Gasteiger partial charge in [0, 0.05) is 42.2 Å². The van der Waals surface area contributed by atoms with Crippen LogP contribution in [0.5, 0.6) is 5.75 Å². The minimum absolute atomic E-state index is 0.713. The highest BCUT2D eigenvalue weighted by atomic mass is 16.5. The zero-order valence-corrected chi connectivity index (χ0v) is 15.4. The summed E-state index contributed by atoms with van der Waals surface area (Å²) >= 11 is 0. The second kappa shape index (κ2) is 6.33. The van der Waals surface area contributed by atoms with Crippen LogP contribution < -0.4 is 15.4 Å². The number of rotatable bonds is 3. The number of hydrogen-bond acceptors (Lipinski definition) is 5. The molecule has 0 bridgehead atoms. The van der Waals surface area contributed by atoms with Crippen molar-refractivity contribution >= 4 is 27.6 Å². The third kappa shape index (κ3) is 2.56. The molecule has 5 nitrogen and oxygen atoms in total. The molecule has 0 spiro atoms. The molecule has 0 unspecified atom stereocenters. The molecule has 0 aromatic heterocycles. The van der Waals surface area contributed by atoms with E-state index < -0.39 is 0 Å². The number of aromatic nitrogens is 1. The van der Waals surface area contributed by atoms with E-state index in [-0.39, 0.29) is 0 Å². The van der Waals surface area contributed by atoms with Crippen molar-refractivity contribution in [3.05, 3.63) is 47.3 Å². The molecule has 0 atom stereocenters. The van der Waals surface area contributed by atoms with Gasteiger partial charge in [0.1, 0.15) is 17.0 Å². The van der Waals surface area contributed by atoms with Gasteiger partial charge in [-0.05, 0) is 43.7 Å². The summed E-state index contributed by atoms with van der Waals surface area (Å²) in [4.78, 5) is 9.30. The first-order valence-electron chi connectivity index (χ1n) is 8.67. The highest BCUT2D eigenvalue weighted by molar-refractivity contribution is 5.97. The van der Waals surface area contributed by atoms with Gasteiger partial charge in [0.05, 0.1) is 12.5 Å². The van der Waals surface area contributed by atoms with Gasteiger partial charge in [0.15, 0.2) is 11.3 Å². The Kier molecular flexibility index (Phi) is 3.99. The molecular formula is C21H21N3O2. The number of hydrogen-bond donors (Lipinski definition) is 1. The van der Waals surface area contributed by atoms with Crippen molar-refractivity contribution in [1.82, 2.24) is 4.98 Å². The standard InChI is InChI=1S/C21H21N3O2/c1-5-23-16-10-19-18(8-12(16)2)24-21-15-9-13(25-4)6-7-14(15)17(22-3)11-20(21)26-19/h6-11,23H,5H2,1-4H3. The summed E-state index contributed by atoms with van der Waals surface area (Å²) in [6.07, 6.45) is 0. The summed E-state index contributed by atoms with van der Waals surface area (Å²) in [6, 6.07) is 12.0. The van der Waals surface area contributed by atoms with E-state index in [0.717, 1.165) is 56.5 Å². The third-order valence-electron chi connectivity index (χ3n) is 4.63. The van der Waals surface area contributed by atoms with E-state index in [0.29, 0.717) is 5.76 Å². The first-order valence-corrected chi connectivity index (χ1v) is 8.67. The van der Waals surface area contributed by atoms with Gasteiger partial charge < -0.3 is 14.5 Å². The summed E-state index contributed by atoms with van der Waals surface area (Å²) in [5.41, 5.74) is 4.61. The molecule has 2 aliphatic rings. The van der Waals surface area contributed by atoms with Gasteiger partial charge >= 0.3 is 0 Å². The Morgan fingerprint density at radius 3 is 2.73 bits per heavy atom. The molecule has 4 rings (SSSR count). The number of anilines is 1. The van der Waals surface area contributed by atoms with E-state index in [1.807, 2.05) is 30.3 Å². The molecule has 0 saturated carbocycles. The van der Waals surface area contributed by atoms with Crippen molar-refractivity contribution in [2.45, 2.75) is 13.8 Å². The maximum absolute atomic E-state index is 6.21. The molecular weight excluding hydrogens is 326 g/mol. The second-order valence-corrected chi connectivity index (χ2v) is 6.26. The van der Waals surface area contributed by atoms with Gasteiger partial charge in [0.25, 0.3) is 0 Å². The highest BCUT2D eigenvalue weighted by Gasteiger charge is 2.16. The Morgan fingerprint density at radius 1 is 1.15 bits per heavy atom. The van der Waals surface area contributed by atoms with E-state index in [4.69, 9.17) is 14.1 Å². The first kappa shape index (κ1) is 16.4. The lowest BCUT2D eigenvalue weighted by Crippen LogP contribution is -2.06. The molecule has 1 heterocycles. The van der Waals surface area contributed by atoms with Crippen LogP contribution in [0.4, 0.5) is 5.69 Å². The molecule has 0 fully saturated rings. The Morgan fingerprint density at radius 2 is 2.00 bits per heavy atom. The van der Waals surface area contributed by atoms with Crippen molar-refractivity contribution < 1.29 is 9.15 Å². The van der Waals surface area contributed by atoms with Gasteiger partial charge in [-0.3, -0.25) is 4.99 Å². The number of nitrogens with zero attached hydrogens (tertiary/aromatic N) is 2. The number of ether oxygens (including phenoxy) is 1. The van der Waals surface area contributed by atoms with Crippen LogP contribution in [0.3, 0.4) is 0 Å². The maximum atomic E-state index is 6.21. The minimum Gasteiger partial charge on any atom is -0.497 e. The third-order valence-corrected chi connectivity index (χ3v) is 4.63. The number of methoxy groups -OCH3 is 1. The van der Waals surface area contributed by atoms with E-state index in [1.54, 1.807) is 14.2 Å². The Balaban J connectivity index is 2.11. The molecule has 0 saturated heterocycles. The van der Waals surface area contributed by atoms with Gasteiger partial charge in [-0.15, -0.1) is 0 Å². The average Bonchev–Trinajstić information content (AvgIpc) is 2.66. The monoisotopic (exact) mass is 347 g/mol. The predicted octanol–water partition coefficient (Wildman–Crippen LogP) is 4.37. The molecule has 26 heavy (non-hydrogen) atoms. The van der Waals surface area contributed by atoms with E-state index in [2.05, 4.69) is 30.2 Å². The molecule has 1 N–H and O–H groups in total. The quantitative estimate of drug-likeness (QED) is 0.442. The summed E-state index contributed by atoms with van der Waals surface area (Å²) < 4.78 is 11.6. The summed E-state index contributed by atoms with van der Waals surface area (Å²) in [6.45, 7) is 5.01. The zero-order chi connectivity index (χ0) is 18.3. The molecule has 2 aromatic rings. The zero-order valence-electron chi connectivity index (χ0n) is 15.4. The fraction of sp³-hybridized carbons (Fsp3) is 0.238. The minimum atomic E-state index is 0.713. The summed E-state index contributed by atoms with van der Waals surface area (Å²) in [5, 5.41) is 6.24. The molecule has 5 heteroatoms. The Labute approximate surface area is 151 Å². The van der Waals surface area contributed by atoms with E-state index in [9.17, 15) is 0 Å². The van der Waals surface area contributed by atoms with Crippen LogP contribution in [-0.2, 0) is 0 Å². The van der Waals surface area contributed by atoms with Crippen LogP contribution >= 0.6 is 0 Å². The molecule has 0 radical (unpaired) electrons. The van der Waals surface area contributed by atoms with Gasteiger partial charge in [-0.25, -0.2) is 4.98 Å². The van der Waals surface area contributed by atoms with Crippen LogP contribution in [0.1, 0.15) is 12.5 Å². The fourth-order valence-corrected chi connectivity index (χ4v) is 3.31. The lowest BCUT2D eigenvalue weighted by atomic mass is 10.0. The topological polar surface area (TPSA) is 59.7 Å². The van der Waals surface area contributed by atoms with Crippen molar-refractivity contribution in [3.63, 3.8) is 0 Å². The van der Waals surface area contributed by atoms with E-state index in [1.165, 1.54) is 0 Å². The van der Waals surface area contributed by atoms with Crippen LogP contribution in [0.15, 0.2) is 45.8 Å². The average molecular weight is 347 g/mol. The normalized spacial score (nSPS) is 12.2. The number of benzene rings is 3. The van der Waals surface area contributed by atoms with Gasteiger partial charge in [-0.1, -0.05) is 0 Å². The second-order valence-electron chi connectivity index (χ2n) is 6.26. The van der Waals surface area contributed by atoms with Crippen molar-refractivity contribution in [2.24, 2.45) is 4.99 Å². The number of aryl methyl sites for hydroxylation is 1. The Bertz CT molecular complexity index is 1160. The number of nitrogens with one attached hydrogen (secondary N) is 1. The van der Waals surface area contributed by atoms with E-state index >= 15 is 0 Å². The molecule has 132 valence electrons. The molecule has 1 aliphatic heterocycles. The molecule has 1 aliphatic carbocycles. The first-order chi connectivity index (χ1) is 12.6. The molecule has 2 aromatic carbocycles. The van der Waals surface area contributed by atoms with Crippen molar-refractivity contribution in [3.8, 4) is 17.2 Å². The van der Waals surface area contributed by atoms with Crippen LogP contribution in [0.2, 0.25) is 0 Å². The predicted molar refractivity (Wildman–Crippen MR) is 105 cm³/mol. The largest absolute Gasteiger partial charge is 0.497 e. The Hall–Kier alpha value is -3.08. The summed E-state index contributed by atoms with van der Waals surface area (Å²) in [5.74, 6) is 1.50. The van der Waals surface area contributed by atoms with Crippen LogP contribution in [0, 0.1) is 6.92 Å².